The number of aryl methyl sites for hydroxylation is 1. The summed E-state index contributed by atoms with van der Waals surface area (Å²) in [7, 11) is 0. The quantitative estimate of drug-likeness (QED) is 0.836. The normalized spacial score (nSPS) is 11.4. The van der Waals surface area contributed by atoms with Crippen LogP contribution in [0.3, 0.4) is 0 Å². The van der Waals surface area contributed by atoms with Gasteiger partial charge in [0.05, 0.1) is 0 Å². The zero-order valence-corrected chi connectivity index (χ0v) is 8.00. The first-order valence-electron chi connectivity index (χ1n) is 3.76. The molecule has 1 N–H and O–H groups in total. The molecule has 78 valence electrons. The van der Waals surface area contributed by atoms with E-state index in [0.717, 1.165) is 16.2 Å². The maximum Gasteiger partial charge on any atom is 0.471 e. The highest BCUT2D eigenvalue weighted by atomic mass is 32.1. The topological polar surface area (TPSA) is 42.0 Å². The fraction of sp³-hybridized carbons (Fsp3) is 0.429. The molecule has 0 fully saturated rings. The van der Waals surface area contributed by atoms with Crippen molar-refractivity contribution in [2.75, 3.05) is 5.32 Å². The summed E-state index contributed by atoms with van der Waals surface area (Å²) in [5.41, 5.74) is 0. The molecule has 0 atom stereocenters. The van der Waals surface area contributed by atoms with E-state index in [1.807, 2.05) is 6.92 Å². The smallest absolute Gasteiger partial charge is 0.294 e. The molecule has 7 heteroatoms. The number of alkyl halides is 3. The van der Waals surface area contributed by atoms with Crippen molar-refractivity contribution >= 4 is 22.4 Å². The summed E-state index contributed by atoms with van der Waals surface area (Å²) in [5.74, 6) is -1.99. The third-order valence-corrected chi connectivity index (χ3v) is 2.44. The molecule has 0 saturated carbocycles. The van der Waals surface area contributed by atoms with E-state index in [4.69, 9.17) is 0 Å². The summed E-state index contributed by atoms with van der Waals surface area (Å²) < 4.78 is 35.4. The second-order valence-corrected chi connectivity index (χ2v) is 3.55. The van der Waals surface area contributed by atoms with Gasteiger partial charge in [0, 0.05) is 11.1 Å². The SMILES string of the molecule is CCc1cnc(NC(=O)C(F)(F)F)s1. The van der Waals surface area contributed by atoms with Gasteiger partial charge < -0.3 is 0 Å². The van der Waals surface area contributed by atoms with Gasteiger partial charge in [-0.1, -0.05) is 6.92 Å². The predicted octanol–water partition coefficient (Wildman–Crippen LogP) is 2.21. The second-order valence-electron chi connectivity index (χ2n) is 2.44. The van der Waals surface area contributed by atoms with Crippen molar-refractivity contribution in [3.05, 3.63) is 11.1 Å². The third kappa shape index (κ3) is 2.69. The van der Waals surface area contributed by atoms with E-state index >= 15 is 0 Å². The van der Waals surface area contributed by atoms with E-state index in [-0.39, 0.29) is 5.13 Å². The Morgan fingerprint density at radius 1 is 1.64 bits per heavy atom. The van der Waals surface area contributed by atoms with Crippen LogP contribution in [0.15, 0.2) is 6.20 Å². The van der Waals surface area contributed by atoms with E-state index in [0.29, 0.717) is 6.42 Å². The van der Waals surface area contributed by atoms with Gasteiger partial charge in [0.2, 0.25) is 0 Å². The highest BCUT2D eigenvalue weighted by molar-refractivity contribution is 7.15. The maximum absolute atomic E-state index is 11.8. The van der Waals surface area contributed by atoms with E-state index in [1.54, 1.807) is 5.32 Å². The Morgan fingerprint density at radius 2 is 2.29 bits per heavy atom. The van der Waals surface area contributed by atoms with Gasteiger partial charge in [-0.3, -0.25) is 10.1 Å². The summed E-state index contributed by atoms with van der Waals surface area (Å²) in [5, 5.41) is 1.66. The van der Waals surface area contributed by atoms with Crippen LogP contribution in [-0.4, -0.2) is 17.1 Å². The van der Waals surface area contributed by atoms with Gasteiger partial charge in [0.25, 0.3) is 0 Å². The molecule has 0 aromatic carbocycles. The van der Waals surface area contributed by atoms with Crippen LogP contribution in [0.2, 0.25) is 0 Å². The number of anilines is 1. The lowest BCUT2D eigenvalue weighted by Crippen LogP contribution is -2.29. The largest absolute Gasteiger partial charge is 0.471 e. The summed E-state index contributed by atoms with van der Waals surface area (Å²) in [6.07, 6.45) is -2.74. The van der Waals surface area contributed by atoms with Gasteiger partial charge >= 0.3 is 12.1 Å². The molecule has 1 aromatic heterocycles. The van der Waals surface area contributed by atoms with Crippen molar-refractivity contribution in [1.82, 2.24) is 4.98 Å². The van der Waals surface area contributed by atoms with Gasteiger partial charge in [-0.05, 0) is 6.42 Å². The predicted molar refractivity (Wildman–Crippen MR) is 46.2 cm³/mol. The van der Waals surface area contributed by atoms with Crippen LogP contribution in [0, 0.1) is 0 Å². The van der Waals surface area contributed by atoms with Crippen LogP contribution in [0.1, 0.15) is 11.8 Å². The number of carbonyl (C=O) groups is 1. The molecule has 0 bridgehead atoms. The lowest BCUT2D eigenvalue weighted by molar-refractivity contribution is -0.167. The van der Waals surface area contributed by atoms with Crippen molar-refractivity contribution in [3.63, 3.8) is 0 Å². The Kier molecular flexibility index (Phi) is 3.10. The summed E-state index contributed by atoms with van der Waals surface area (Å²) in [6, 6.07) is 0. The summed E-state index contributed by atoms with van der Waals surface area (Å²) in [4.78, 5) is 14.9. The molecule has 0 aliphatic carbocycles. The zero-order valence-electron chi connectivity index (χ0n) is 7.18. The molecule has 3 nitrogen and oxygen atoms in total. The van der Waals surface area contributed by atoms with Gasteiger partial charge in [-0.25, -0.2) is 4.98 Å². The molecule has 1 heterocycles. The Bertz CT molecular complexity index is 334. The van der Waals surface area contributed by atoms with Gasteiger partial charge in [-0.2, -0.15) is 13.2 Å². The van der Waals surface area contributed by atoms with Crippen molar-refractivity contribution in [2.45, 2.75) is 19.5 Å². The van der Waals surface area contributed by atoms with E-state index < -0.39 is 12.1 Å². The minimum absolute atomic E-state index is 0.0239. The van der Waals surface area contributed by atoms with Crippen LogP contribution >= 0.6 is 11.3 Å². The molecule has 1 aromatic rings. The Balaban J connectivity index is 2.65. The Morgan fingerprint density at radius 3 is 2.71 bits per heavy atom. The van der Waals surface area contributed by atoms with Crippen LogP contribution in [0.25, 0.3) is 0 Å². The molecule has 1 amide bonds. The first kappa shape index (κ1) is 11.0. The first-order chi connectivity index (χ1) is 6.43. The molecule has 0 unspecified atom stereocenters. The summed E-state index contributed by atoms with van der Waals surface area (Å²) >= 11 is 1.03. The Hall–Kier alpha value is -1.11. The standard InChI is InChI=1S/C7H7F3N2OS/c1-2-4-3-11-6(14-4)12-5(13)7(8,9)10/h3H,2H2,1H3,(H,11,12,13). The minimum Gasteiger partial charge on any atom is -0.294 e. The van der Waals surface area contributed by atoms with E-state index in [1.165, 1.54) is 6.20 Å². The van der Waals surface area contributed by atoms with Crippen molar-refractivity contribution in [1.29, 1.82) is 0 Å². The maximum atomic E-state index is 11.8. The second kappa shape index (κ2) is 3.95. The number of amides is 1. The van der Waals surface area contributed by atoms with E-state index in [2.05, 4.69) is 4.98 Å². The Labute approximate surface area is 82.0 Å². The lowest BCUT2D eigenvalue weighted by Gasteiger charge is -2.03. The monoisotopic (exact) mass is 224 g/mol. The number of hydrogen-bond donors (Lipinski definition) is 1. The van der Waals surface area contributed by atoms with Gasteiger partial charge in [-0.15, -0.1) is 11.3 Å². The number of nitrogens with one attached hydrogen (secondary N) is 1. The molecule has 14 heavy (non-hydrogen) atoms. The molecule has 0 radical (unpaired) electrons. The molecule has 0 saturated heterocycles. The average molecular weight is 224 g/mol. The van der Waals surface area contributed by atoms with Crippen molar-refractivity contribution < 1.29 is 18.0 Å². The molecular weight excluding hydrogens is 217 g/mol. The number of carbonyl (C=O) groups excluding carboxylic acids is 1. The number of rotatable bonds is 2. The molecule has 0 aliphatic rings. The number of thiazole rings is 1. The van der Waals surface area contributed by atoms with Gasteiger partial charge in [0.15, 0.2) is 5.13 Å². The van der Waals surface area contributed by atoms with Crippen molar-refractivity contribution in [3.8, 4) is 0 Å². The van der Waals surface area contributed by atoms with Gasteiger partial charge in [0.1, 0.15) is 0 Å². The number of aromatic nitrogens is 1. The molecule has 1 rings (SSSR count). The summed E-state index contributed by atoms with van der Waals surface area (Å²) in [6.45, 7) is 1.85. The highest BCUT2D eigenvalue weighted by Crippen LogP contribution is 2.22. The highest BCUT2D eigenvalue weighted by Gasteiger charge is 2.39. The van der Waals surface area contributed by atoms with Crippen LogP contribution in [0.5, 0.6) is 0 Å². The van der Waals surface area contributed by atoms with Crippen LogP contribution in [0.4, 0.5) is 18.3 Å². The average Bonchev–Trinajstić information content (AvgIpc) is 2.50. The van der Waals surface area contributed by atoms with E-state index in [9.17, 15) is 18.0 Å². The number of halogens is 3. The first-order valence-corrected chi connectivity index (χ1v) is 4.58. The molecule has 0 spiro atoms. The lowest BCUT2D eigenvalue weighted by atomic mass is 10.4. The third-order valence-electron chi connectivity index (χ3n) is 1.38. The number of nitrogens with zero attached hydrogens (tertiary/aromatic N) is 1. The fourth-order valence-corrected chi connectivity index (χ4v) is 1.44. The zero-order chi connectivity index (χ0) is 10.8. The number of hydrogen-bond acceptors (Lipinski definition) is 3. The minimum atomic E-state index is -4.86. The van der Waals surface area contributed by atoms with Crippen molar-refractivity contribution in [2.24, 2.45) is 0 Å². The molecular formula is C7H7F3N2OS. The van der Waals surface area contributed by atoms with Crippen LogP contribution < -0.4 is 5.32 Å². The fourth-order valence-electron chi connectivity index (χ4n) is 0.697. The molecule has 0 aliphatic heterocycles. The van der Waals surface area contributed by atoms with Crippen LogP contribution in [-0.2, 0) is 11.2 Å².